The lowest BCUT2D eigenvalue weighted by atomic mass is 9.70. The smallest absolute Gasteiger partial charge is 0.320 e. The predicted molar refractivity (Wildman–Crippen MR) is 79.4 cm³/mol. The summed E-state index contributed by atoms with van der Waals surface area (Å²) >= 11 is 0. The zero-order chi connectivity index (χ0) is 14.4. The van der Waals surface area contributed by atoms with E-state index in [4.69, 9.17) is 4.74 Å². The van der Waals surface area contributed by atoms with E-state index in [1.54, 1.807) is 0 Å². The Morgan fingerprint density at radius 2 is 1.90 bits per heavy atom. The van der Waals surface area contributed by atoms with Crippen molar-refractivity contribution in [1.29, 1.82) is 0 Å². The van der Waals surface area contributed by atoms with Crippen molar-refractivity contribution >= 4 is 5.97 Å². The topological polar surface area (TPSA) is 29.5 Å². The molecule has 3 rings (SSSR count). The van der Waals surface area contributed by atoms with E-state index in [0.29, 0.717) is 6.54 Å². The second-order valence-corrected chi connectivity index (χ2v) is 8.12. The first-order valence-electron chi connectivity index (χ1n) is 8.34. The summed E-state index contributed by atoms with van der Waals surface area (Å²) in [5.74, 6) is 0.735. The van der Waals surface area contributed by atoms with Gasteiger partial charge in [-0.05, 0) is 51.1 Å². The van der Waals surface area contributed by atoms with Gasteiger partial charge in [0.2, 0.25) is 0 Å². The van der Waals surface area contributed by atoms with Crippen molar-refractivity contribution in [3.05, 3.63) is 0 Å². The van der Waals surface area contributed by atoms with Gasteiger partial charge in [-0.1, -0.05) is 27.2 Å². The van der Waals surface area contributed by atoms with Crippen molar-refractivity contribution in [2.75, 3.05) is 19.6 Å². The molecule has 2 bridgehead atoms. The van der Waals surface area contributed by atoms with Crippen LogP contribution in [0.3, 0.4) is 0 Å². The van der Waals surface area contributed by atoms with Crippen LogP contribution >= 0.6 is 0 Å². The normalized spacial score (nSPS) is 40.0. The molecule has 3 fully saturated rings. The van der Waals surface area contributed by atoms with Crippen LogP contribution in [0.5, 0.6) is 0 Å². The summed E-state index contributed by atoms with van der Waals surface area (Å²) in [4.78, 5) is 14.6. The minimum atomic E-state index is -0.00116. The number of ether oxygens (including phenoxy) is 1. The molecular weight excluding hydrogens is 250 g/mol. The average molecular weight is 279 g/mol. The third-order valence-corrected chi connectivity index (χ3v) is 6.19. The Hall–Kier alpha value is -0.570. The largest absolute Gasteiger partial charge is 0.460 e. The molecule has 3 nitrogen and oxygen atoms in total. The Morgan fingerprint density at radius 1 is 1.20 bits per heavy atom. The first-order valence-corrected chi connectivity index (χ1v) is 8.34. The van der Waals surface area contributed by atoms with Crippen LogP contribution in [0.2, 0.25) is 0 Å². The Bertz CT molecular complexity index is 382. The highest BCUT2D eigenvalue weighted by molar-refractivity contribution is 5.72. The molecule has 0 aromatic rings. The van der Waals surface area contributed by atoms with Gasteiger partial charge in [0, 0.05) is 10.8 Å². The van der Waals surface area contributed by atoms with Crippen molar-refractivity contribution in [2.24, 2.45) is 16.7 Å². The fourth-order valence-corrected chi connectivity index (χ4v) is 5.02. The van der Waals surface area contributed by atoms with Crippen LogP contribution in [0, 0.1) is 16.7 Å². The predicted octanol–water partition coefficient (Wildman–Crippen LogP) is 3.23. The van der Waals surface area contributed by atoms with Crippen LogP contribution in [0.4, 0.5) is 0 Å². The van der Waals surface area contributed by atoms with Gasteiger partial charge in [-0.2, -0.15) is 0 Å². The van der Waals surface area contributed by atoms with Gasteiger partial charge < -0.3 is 4.74 Å². The summed E-state index contributed by atoms with van der Waals surface area (Å²) < 4.78 is 5.99. The van der Waals surface area contributed by atoms with E-state index in [9.17, 15) is 4.79 Å². The van der Waals surface area contributed by atoms with Gasteiger partial charge in [0.15, 0.2) is 0 Å². The standard InChI is InChI=1S/C17H29NO2/c1-16(2)13-7-8-17(3,11-13)15(16)20-14(19)12-18-9-5-4-6-10-18/h13,15H,4-12H2,1-3H3/t13-,15-,17+/m1/s1. The molecule has 0 amide bonds. The Morgan fingerprint density at radius 3 is 2.50 bits per heavy atom. The van der Waals surface area contributed by atoms with Crippen molar-refractivity contribution in [3.63, 3.8) is 0 Å². The van der Waals surface area contributed by atoms with Gasteiger partial charge in [0.1, 0.15) is 6.10 Å². The number of nitrogens with zero attached hydrogens (tertiary/aromatic N) is 1. The number of esters is 1. The first kappa shape index (κ1) is 14.4. The molecule has 0 unspecified atom stereocenters. The van der Waals surface area contributed by atoms with Crippen LogP contribution in [0.1, 0.15) is 59.3 Å². The van der Waals surface area contributed by atoms with E-state index in [1.807, 2.05) is 0 Å². The number of rotatable bonds is 3. The number of hydrogen-bond donors (Lipinski definition) is 0. The van der Waals surface area contributed by atoms with Gasteiger partial charge >= 0.3 is 5.97 Å². The van der Waals surface area contributed by atoms with E-state index in [2.05, 4.69) is 25.7 Å². The fourth-order valence-electron chi connectivity index (χ4n) is 5.02. The molecular formula is C17H29NO2. The maximum atomic E-state index is 12.3. The lowest BCUT2D eigenvalue weighted by Gasteiger charge is -2.42. The number of piperidine rings is 1. The number of fused-ring (bicyclic) bond motifs is 2. The van der Waals surface area contributed by atoms with Gasteiger partial charge in [0.05, 0.1) is 6.54 Å². The summed E-state index contributed by atoms with van der Waals surface area (Å²) in [5, 5.41) is 0. The summed E-state index contributed by atoms with van der Waals surface area (Å²) in [6.45, 7) is 9.52. The molecule has 114 valence electrons. The Kier molecular flexibility index (Phi) is 3.60. The highest BCUT2D eigenvalue weighted by Gasteiger charge is 2.61. The maximum Gasteiger partial charge on any atom is 0.320 e. The second kappa shape index (κ2) is 5.01. The van der Waals surface area contributed by atoms with Gasteiger partial charge in [-0.15, -0.1) is 0 Å². The minimum Gasteiger partial charge on any atom is -0.460 e. The minimum absolute atomic E-state index is 0.00116. The Labute approximate surface area is 123 Å². The molecule has 0 aromatic heterocycles. The molecule has 0 N–H and O–H groups in total. The molecule has 3 atom stereocenters. The van der Waals surface area contributed by atoms with Gasteiger partial charge in [-0.3, -0.25) is 9.69 Å². The number of carbonyl (C=O) groups excluding carboxylic acids is 1. The lowest BCUT2D eigenvalue weighted by Crippen LogP contribution is -2.45. The monoisotopic (exact) mass is 279 g/mol. The summed E-state index contributed by atoms with van der Waals surface area (Å²) in [6.07, 6.45) is 7.64. The molecule has 3 aliphatic rings. The van der Waals surface area contributed by atoms with Crippen LogP contribution in [0.25, 0.3) is 0 Å². The highest BCUT2D eigenvalue weighted by atomic mass is 16.5. The van der Waals surface area contributed by atoms with E-state index in [0.717, 1.165) is 19.0 Å². The van der Waals surface area contributed by atoms with E-state index >= 15 is 0 Å². The molecule has 2 saturated carbocycles. The lowest BCUT2D eigenvalue weighted by molar-refractivity contribution is -0.166. The molecule has 1 saturated heterocycles. The molecule has 2 aliphatic carbocycles. The third-order valence-electron chi connectivity index (χ3n) is 6.19. The zero-order valence-corrected chi connectivity index (χ0v) is 13.3. The van der Waals surface area contributed by atoms with Crippen molar-refractivity contribution < 1.29 is 9.53 Å². The summed E-state index contributed by atoms with van der Waals surface area (Å²) in [6, 6.07) is 0. The molecule has 3 heteroatoms. The zero-order valence-electron chi connectivity index (χ0n) is 13.3. The molecule has 1 aliphatic heterocycles. The number of likely N-dealkylation sites (tertiary alicyclic amines) is 1. The van der Waals surface area contributed by atoms with Crippen molar-refractivity contribution in [3.8, 4) is 0 Å². The van der Waals surface area contributed by atoms with Crippen molar-refractivity contribution in [2.45, 2.75) is 65.4 Å². The van der Waals surface area contributed by atoms with Crippen LogP contribution in [-0.4, -0.2) is 36.6 Å². The van der Waals surface area contributed by atoms with Crippen LogP contribution < -0.4 is 0 Å². The van der Waals surface area contributed by atoms with E-state index < -0.39 is 0 Å². The van der Waals surface area contributed by atoms with Crippen molar-refractivity contribution in [1.82, 2.24) is 4.90 Å². The second-order valence-electron chi connectivity index (χ2n) is 8.12. The number of carbonyl (C=O) groups is 1. The molecule has 1 heterocycles. The molecule has 0 radical (unpaired) electrons. The average Bonchev–Trinajstić information content (AvgIpc) is 2.87. The Balaban J connectivity index is 1.60. The van der Waals surface area contributed by atoms with Crippen LogP contribution in [-0.2, 0) is 9.53 Å². The third kappa shape index (κ3) is 2.38. The fraction of sp³-hybridized carbons (Fsp3) is 0.941. The number of hydrogen-bond acceptors (Lipinski definition) is 3. The van der Waals surface area contributed by atoms with Gasteiger partial charge in [0.25, 0.3) is 0 Å². The molecule has 20 heavy (non-hydrogen) atoms. The summed E-state index contributed by atoms with van der Waals surface area (Å²) in [5.41, 5.74) is 0.385. The summed E-state index contributed by atoms with van der Waals surface area (Å²) in [7, 11) is 0. The quantitative estimate of drug-likeness (QED) is 0.743. The van der Waals surface area contributed by atoms with Crippen LogP contribution in [0.15, 0.2) is 0 Å². The maximum absolute atomic E-state index is 12.3. The SMILES string of the molecule is CC1(C)[C@@H]2CC[C@@](C)(C2)[C@@H]1OC(=O)CN1CCCCC1. The molecule has 0 spiro atoms. The first-order chi connectivity index (χ1) is 9.42. The van der Waals surface area contributed by atoms with E-state index in [-0.39, 0.29) is 22.9 Å². The highest BCUT2D eigenvalue weighted by Crippen LogP contribution is 2.63. The van der Waals surface area contributed by atoms with Gasteiger partial charge in [-0.25, -0.2) is 0 Å². The molecule has 0 aromatic carbocycles. The van der Waals surface area contributed by atoms with E-state index in [1.165, 1.54) is 38.5 Å².